The van der Waals surface area contributed by atoms with E-state index in [4.69, 9.17) is 14.2 Å². The largest absolute Gasteiger partial charge is 0.454 e. The molecule has 0 aromatic heterocycles. The zero-order valence-corrected chi connectivity index (χ0v) is 17.1. The molecule has 1 N–H and O–H groups in total. The van der Waals surface area contributed by atoms with Crippen LogP contribution >= 0.6 is 0 Å². The van der Waals surface area contributed by atoms with Crippen molar-refractivity contribution < 1.29 is 27.4 Å². The zero-order valence-electron chi connectivity index (χ0n) is 16.2. The lowest BCUT2D eigenvalue weighted by atomic mass is 10.2. The Hall–Kier alpha value is -2.88. The average Bonchev–Trinajstić information content (AvgIpc) is 3.25. The maximum Gasteiger partial charge on any atom is 0.244 e. The van der Waals surface area contributed by atoms with Crippen molar-refractivity contribution in [1.82, 2.24) is 9.62 Å². The molecule has 2 aromatic carbocycles. The molecule has 0 atom stereocenters. The van der Waals surface area contributed by atoms with Crippen LogP contribution in [-0.4, -0.2) is 51.7 Å². The summed E-state index contributed by atoms with van der Waals surface area (Å²) < 4.78 is 42.5. The van der Waals surface area contributed by atoms with Crippen molar-refractivity contribution in [3.8, 4) is 11.5 Å². The third-order valence-electron chi connectivity index (χ3n) is 4.82. The smallest absolute Gasteiger partial charge is 0.244 e. The Morgan fingerprint density at radius 1 is 1.03 bits per heavy atom. The van der Waals surface area contributed by atoms with Gasteiger partial charge in [0.2, 0.25) is 22.7 Å². The molecule has 158 valence electrons. The highest BCUT2D eigenvalue weighted by Crippen LogP contribution is 2.32. The highest BCUT2D eigenvalue weighted by molar-refractivity contribution is 7.89. The lowest BCUT2D eigenvalue weighted by Gasteiger charge is -2.26. The molecular weight excluding hydrogens is 408 g/mol. The van der Waals surface area contributed by atoms with Crippen molar-refractivity contribution in [1.29, 1.82) is 0 Å². The normalized spacial score (nSPS) is 16.7. The number of fused-ring (bicyclic) bond motifs is 1. The van der Waals surface area contributed by atoms with Crippen molar-refractivity contribution in [3.05, 3.63) is 59.7 Å². The number of amides is 1. The molecule has 2 heterocycles. The number of nitrogens with zero attached hydrogens (tertiary/aromatic N) is 1. The SMILES string of the molecule is O=C(C=Cc1ccc(S(=O)(=O)N2CCOCC2)cc1)NCc1ccc2c(c1)OCO2. The molecule has 1 saturated heterocycles. The van der Waals surface area contributed by atoms with E-state index in [-0.39, 0.29) is 17.6 Å². The van der Waals surface area contributed by atoms with Crippen molar-refractivity contribution in [2.75, 3.05) is 33.1 Å². The topological polar surface area (TPSA) is 94.2 Å². The fraction of sp³-hybridized carbons (Fsp3) is 0.286. The minimum atomic E-state index is -3.52. The fourth-order valence-electron chi connectivity index (χ4n) is 3.16. The second-order valence-corrected chi connectivity index (χ2v) is 8.76. The summed E-state index contributed by atoms with van der Waals surface area (Å²) in [5.41, 5.74) is 1.63. The standard InChI is InChI=1S/C21H22N2O6S/c24-21(22-14-17-3-7-19-20(13-17)29-15-28-19)8-4-16-1-5-18(6-2-16)30(25,26)23-9-11-27-12-10-23/h1-8,13H,9-12,14-15H2,(H,22,24). The molecule has 0 spiro atoms. The van der Waals surface area contributed by atoms with Crippen LogP contribution in [0, 0.1) is 0 Å². The van der Waals surface area contributed by atoms with Crippen LogP contribution in [0.3, 0.4) is 0 Å². The lowest BCUT2D eigenvalue weighted by Crippen LogP contribution is -2.40. The highest BCUT2D eigenvalue weighted by Gasteiger charge is 2.25. The van der Waals surface area contributed by atoms with Gasteiger partial charge in [-0.05, 0) is 41.5 Å². The first kappa shape index (κ1) is 20.4. The Morgan fingerprint density at radius 2 is 1.77 bits per heavy atom. The molecule has 30 heavy (non-hydrogen) atoms. The van der Waals surface area contributed by atoms with Gasteiger partial charge in [0, 0.05) is 25.7 Å². The van der Waals surface area contributed by atoms with Crippen LogP contribution < -0.4 is 14.8 Å². The summed E-state index contributed by atoms with van der Waals surface area (Å²) in [6.45, 7) is 2.08. The third kappa shape index (κ3) is 4.64. The number of sulfonamides is 1. The van der Waals surface area contributed by atoms with Crippen molar-refractivity contribution >= 4 is 22.0 Å². The number of hydrogen-bond donors (Lipinski definition) is 1. The van der Waals surface area contributed by atoms with Crippen LogP contribution in [0.4, 0.5) is 0 Å². The molecule has 4 rings (SSSR count). The molecule has 0 saturated carbocycles. The Labute approximate surface area is 175 Å². The summed E-state index contributed by atoms with van der Waals surface area (Å²) in [7, 11) is -3.52. The zero-order chi connectivity index (χ0) is 21.0. The van der Waals surface area contributed by atoms with E-state index in [0.717, 1.165) is 11.1 Å². The predicted octanol–water partition coefficient (Wildman–Crippen LogP) is 1.77. The molecule has 0 bridgehead atoms. The van der Waals surface area contributed by atoms with Gasteiger partial charge in [-0.2, -0.15) is 4.31 Å². The second kappa shape index (κ2) is 8.86. The third-order valence-corrected chi connectivity index (χ3v) is 6.73. The van der Waals surface area contributed by atoms with E-state index in [9.17, 15) is 13.2 Å². The summed E-state index contributed by atoms with van der Waals surface area (Å²) in [6.07, 6.45) is 3.05. The fourth-order valence-corrected chi connectivity index (χ4v) is 4.57. The first-order chi connectivity index (χ1) is 14.5. The molecule has 1 fully saturated rings. The van der Waals surface area contributed by atoms with E-state index < -0.39 is 10.0 Å². The van der Waals surface area contributed by atoms with E-state index in [1.165, 1.54) is 10.4 Å². The molecule has 2 aromatic rings. The molecule has 0 radical (unpaired) electrons. The van der Waals surface area contributed by atoms with Crippen molar-refractivity contribution in [3.63, 3.8) is 0 Å². The number of carbonyl (C=O) groups is 1. The van der Waals surface area contributed by atoms with Crippen LogP contribution in [0.2, 0.25) is 0 Å². The molecule has 8 nitrogen and oxygen atoms in total. The van der Waals surface area contributed by atoms with Crippen LogP contribution in [0.15, 0.2) is 53.4 Å². The first-order valence-electron chi connectivity index (χ1n) is 9.55. The summed E-state index contributed by atoms with van der Waals surface area (Å²) in [4.78, 5) is 12.3. The van der Waals surface area contributed by atoms with E-state index in [1.807, 2.05) is 18.2 Å². The van der Waals surface area contributed by atoms with Gasteiger partial charge in [0.25, 0.3) is 0 Å². The number of morpholine rings is 1. The summed E-state index contributed by atoms with van der Waals surface area (Å²) in [5.74, 6) is 1.12. The quantitative estimate of drug-likeness (QED) is 0.702. The van der Waals surface area contributed by atoms with Crippen molar-refractivity contribution in [2.24, 2.45) is 0 Å². The van der Waals surface area contributed by atoms with E-state index in [0.29, 0.717) is 44.3 Å². The van der Waals surface area contributed by atoms with E-state index in [2.05, 4.69) is 5.32 Å². The second-order valence-electron chi connectivity index (χ2n) is 6.82. The predicted molar refractivity (Wildman–Crippen MR) is 109 cm³/mol. The minimum absolute atomic E-state index is 0.209. The highest BCUT2D eigenvalue weighted by atomic mass is 32.2. The molecule has 2 aliphatic rings. The summed E-state index contributed by atoms with van der Waals surface area (Å²) in [5, 5.41) is 2.80. The first-order valence-corrected chi connectivity index (χ1v) is 11.0. The number of carbonyl (C=O) groups excluding carboxylic acids is 1. The van der Waals surface area contributed by atoms with Gasteiger partial charge in [0.1, 0.15) is 0 Å². The summed E-state index contributed by atoms with van der Waals surface area (Å²) >= 11 is 0. The van der Waals surface area contributed by atoms with Crippen molar-refractivity contribution in [2.45, 2.75) is 11.4 Å². The average molecular weight is 430 g/mol. The molecule has 9 heteroatoms. The van der Waals surface area contributed by atoms with Gasteiger partial charge < -0.3 is 19.5 Å². The maximum atomic E-state index is 12.6. The Morgan fingerprint density at radius 3 is 2.53 bits per heavy atom. The van der Waals surface area contributed by atoms with Gasteiger partial charge in [0.15, 0.2) is 11.5 Å². The van der Waals surface area contributed by atoms with Gasteiger partial charge in [-0.1, -0.05) is 18.2 Å². The Kier molecular flexibility index (Phi) is 6.03. The van der Waals surface area contributed by atoms with Crippen LogP contribution in [0.1, 0.15) is 11.1 Å². The summed E-state index contributed by atoms with van der Waals surface area (Å²) in [6, 6.07) is 12.0. The molecule has 2 aliphatic heterocycles. The maximum absolute atomic E-state index is 12.6. The minimum Gasteiger partial charge on any atom is -0.454 e. The number of hydrogen-bond acceptors (Lipinski definition) is 6. The number of ether oxygens (including phenoxy) is 3. The van der Waals surface area contributed by atoms with Gasteiger partial charge in [-0.15, -0.1) is 0 Å². The van der Waals surface area contributed by atoms with Crippen LogP contribution in [-0.2, 0) is 26.1 Å². The number of rotatable bonds is 6. The van der Waals surface area contributed by atoms with E-state index in [1.54, 1.807) is 30.3 Å². The number of nitrogens with one attached hydrogen (secondary N) is 1. The van der Waals surface area contributed by atoms with Gasteiger partial charge >= 0.3 is 0 Å². The van der Waals surface area contributed by atoms with Crippen LogP contribution in [0.25, 0.3) is 6.08 Å². The van der Waals surface area contributed by atoms with E-state index >= 15 is 0 Å². The van der Waals surface area contributed by atoms with Gasteiger partial charge in [-0.25, -0.2) is 8.42 Å². The molecule has 1 amide bonds. The monoisotopic (exact) mass is 430 g/mol. The molecular formula is C21H22N2O6S. The van der Waals surface area contributed by atoms with Crippen LogP contribution in [0.5, 0.6) is 11.5 Å². The van der Waals surface area contributed by atoms with Gasteiger partial charge in [0.05, 0.1) is 18.1 Å². The lowest BCUT2D eigenvalue weighted by molar-refractivity contribution is -0.116. The molecule has 0 aliphatic carbocycles. The molecule has 0 unspecified atom stereocenters. The van der Waals surface area contributed by atoms with Gasteiger partial charge in [-0.3, -0.25) is 4.79 Å². The Balaban J connectivity index is 1.33. The Bertz CT molecular complexity index is 1040. The number of benzene rings is 2.